The Balaban J connectivity index is 2.22. The van der Waals surface area contributed by atoms with Crippen LogP contribution in [0.2, 0.25) is 0 Å². The van der Waals surface area contributed by atoms with Crippen LogP contribution in [0.1, 0.15) is 19.3 Å². The van der Waals surface area contributed by atoms with Crippen molar-refractivity contribution in [2.45, 2.75) is 31.3 Å². The van der Waals surface area contributed by atoms with E-state index in [-0.39, 0.29) is 0 Å². The fourth-order valence-electron chi connectivity index (χ4n) is 1.57. The number of primary amides is 1. The molecule has 1 unspecified atom stereocenters. The van der Waals surface area contributed by atoms with E-state index in [4.69, 9.17) is 16.2 Å². The van der Waals surface area contributed by atoms with Crippen molar-refractivity contribution < 1.29 is 9.53 Å². The standard InChI is InChI=1S/C10H21N3O2/c1-15-7-6-13(8-2-3-8)5-4-9(11)10(12)14/h8-9H,2-7,11H2,1H3,(H2,12,14). The summed E-state index contributed by atoms with van der Waals surface area (Å²) in [6.07, 6.45) is 3.13. The molecule has 1 atom stereocenters. The van der Waals surface area contributed by atoms with E-state index in [1.165, 1.54) is 12.8 Å². The zero-order valence-electron chi connectivity index (χ0n) is 9.32. The molecule has 1 amide bonds. The molecule has 0 aromatic rings. The average Bonchev–Trinajstić information content (AvgIpc) is 3.01. The van der Waals surface area contributed by atoms with Gasteiger partial charge in [-0.25, -0.2) is 0 Å². The summed E-state index contributed by atoms with van der Waals surface area (Å²) in [5, 5.41) is 0. The molecule has 88 valence electrons. The van der Waals surface area contributed by atoms with Crippen LogP contribution >= 0.6 is 0 Å². The van der Waals surface area contributed by atoms with E-state index >= 15 is 0 Å². The van der Waals surface area contributed by atoms with Crippen molar-refractivity contribution in [2.24, 2.45) is 11.5 Å². The lowest BCUT2D eigenvalue weighted by atomic mass is 10.2. The maximum atomic E-state index is 10.8. The molecule has 1 saturated carbocycles. The molecule has 15 heavy (non-hydrogen) atoms. The van der Waals surface area contributed by atoms with E-state index < -0.39 is 11.9 Å². The van der Waals surface area contributed by atoms with E-state index in [2.05, 4.69) is 4.90 Å². The maximum Gasteiger partial charge on any atom is 0.234 e. The Bertz CT molecular complexity index is 207. The Morgan fingerprint density at radius 3 is 2.67 bits per heavy atom. The summed E-state index contributed by atoms with van der Waals surface area (Å²) in [5.41, 5.74) is 10.7. The van der Waals surface area contributed by atoms with Gasteiger partial charge in [-0.1, -0.05) is 0 Å². The van der Waals surface area contributed by atoms with Crippen LogP contribution in [0.25, 0.3) is 0 Å². The molecule has 0 radical (unpaired) electrons. The fraction of sp³-hybridized carbons (Fsp3) is 0.900. The highest BCUT2D eigenvalue weighted by molar-refractivity contribution is 5.79. The first-order valence-electron chi connectivity index (χ1n) is 5.43. The molecular formula is C10H21N3O2. The van der Waals surface area contributed by atoms with Gasteiger partial charge in [0.25, 0.3) is 0 Å². The van der Waals surface area contributed by atoms with Gasteiger partial charge < -0.3 is 16.2 Å². The predicted molar refractivity (Wildman–Crippen MR) is 58.3 cm³/mol. The summed E-state index contributed by atoms with van der Waals surface area (Å²) >= 11 is 0. The lowest BCUT2D eigenvalue weighted by Crippen LogP contribution is -2.40. The number of ether oxygens (including phenoxy) is 1. The molecule has 0 bridgehead atoms. The molecule has 0 heterocycles. The van der Waals surface area contributed by atoms with Crippen molar-refractivity contribution in [1.29, 1.82) is 0 Å². The van der Waals surface area contributed by atoms with Crippen LogP contribution in [0.4, 0.5) is 0 Å². The van der Waals surface area contributed by atoms with Gasteiger partial charge in [0.15, 0.2) is 0 Å². The van der Waals surface area contributed by atoms with Crippen LogP contribution in [0.3, 0.4) is 0 Å². The van der Waals surface area contributed by atoms with Crippen molar-refractivity contribution in [1.82, 2.24) is 4.90 Å². The molecule has 1 rings (SSSR count). The first kappa shape index (κ1) is 12.4. The third kappa shape index (κ3) is 4.59. The summed E-state index contributed by atoms with van der Waals surface area (Å²) in [6.45, 7) is 2.47. The van der Waals surface area contributed by atoms with E-state index in [1.54, 1.807) is 7.11 Å². The number of methoxy groups -OCH3 is 1. The van der Waals surface area contributed by atoms with Crippen molar-refractivity contribution in [3.63, 3.8) is 0 Å². The number of hydrogen-bond donors (Lipinski definition) is 2. The van der Waals surface area contributed by atoms with E-state index in [0.717, 1.165) is 19.7 Å². The Morgan fingerprint density at radius 1 is 1.53 bits per heavy atom. The Kier molecular flexibility index (Phi) is 5.01. The van der Waals surface area contributed by atoms with Gasteiger partial charge in [-0.2, -0.15) is 0 Å². The minimum absolute atomic E-state index is 0.419. The fourth-order valence-corrected chi connectivity index (χ4v) is 1.57. The van der Waals surface area contributed by atoms with Gasteiger partial charge >= 0.3 is 0 Å². The highest BCUT2D eigenvalue weighted by atomic mass is 16.5. The predicted octanol–water partition coefficient (Wildman–Crippen LogP) is -0.700. The molecule has 1 fully saturated rings. The molecule has 5 nitrogen and oxygen atoms in total. The Morgan fingerprint density at radius 2 is 2.20 bits per heavy atom. The zero-order valence-corrected chi connectivity index (χ0v) is 9.32. The Hall–Kier alpha value is -0.650. The topological polar surface area (TPSA) is 81.6 Å². The molecular weight excluding hydrogens is 194 g/mol. The van der Waals surface area contributed by atoms with E-state index in [1.807, 2.05) is 0 Å². The van der Waals surface area contributed by atoms with E-state index in [9.17, 15) is 4.79 Å². The molecule has 0 spiro atoms. The number of carbonyl (C=O) groups excluding carboxylic acids is 1. The third-order valence-electron chi connectivity index (χ3n) is 2.74. The number of nitrogens with zero attached hydrogens (tertiary/aromatic N) is 1. The molecule has 1 aliphatic carbocycles. The quantitative estimate of drug-likeness (QED) is 0.561. The van der Waals surface area contributed by atoms with Gasteiger partial charge in [0.2, 0.25) is 5.91 Å². The van der Waals surface area contributed by atoms with Gasteiger partial charge in [0.05, 0.1) is 12.6 Å². The van der Waals surface area contributed by atoms with E-state index in [0.29, 0.717) is 12.5 Å². The smallest absolute Gasteiger partial charge is 0.234 e. The van der Waals surface area contributed by atoms with Crippen molar-refractivity contribution >= 4 is 5.91 Å². The normalized spacial score (nSPS) is 18.1. The second kappa shape index (κ2) is 6.05. The highest BCUT2D eigenvalue weighted by Crippen LogP contribution is 2.26. The lowest BCUT2D eigenvalue weighted by molar-refractivity contribution is -0.119. The average molecular weight is 215 g/mol. The van der Waals surface area contributed by atoms with Gasteiger partial charge in [0.1, 0.15) is 0 Å². The summed E-state index contributed by atoms with van der Waals surface area (Å²) < 4.78 is 5.04. The SMILES string of the molecule is COCCN(CCC(N)C(N)=O)C1CC1. The third-order valence-corrected chi connectivity index (χ3v) is 2.74. The van der Waals surface area contributed by atoms with Crippen LogP contribution in [0.15, 0.2) is 0 Å². The molecule has 0 aromatic carbocycles. The van der Waals surface area contributed by atoms with Crippen molar-refractivity contribution in [2.75, 3.05) is 26.8 Å². The number of hydrogen-bond acceptors (Lipinski definition) is 4. The number of nitrogens with two attached hydrogens (primary N) is 2. The second-order valence-electron chi connectivity index (χ2n) is 4.06. The van der Waals surface area contributed by atoms with Gasteiger partial charge in [0, 0.05) is 26.2 Å². The van der Waals surface area contributed by atoms with Gasteiger partial charge in [-0.05, 0) is 19.3 Å². The van der Waals surface area contributed by atoms with Gasteiger partial charge in [-0.3, -0.25) is 9.69 Å². The molecule has 0 aromatic heterocycles. The maximum absolute atomic E-state index is 10.8. The number of carbonyl (C=O) groups is 1. The monoisotopic (exact) mass is 215 g/mol. The zero-order chi connectivity index (χ0) is 11.3. The lowest BCUT2D eigenvalue weighted by Gasteiger charge is -2.22. The summed E-state index contributed by atoms with van der Waals surface area (Å²) in [7, 11) is 1.69. The Labute approximate surface area is 90.7 Å². The molecule has 0 aliphatic heterocycles. The van der Waals surface area contributed by atoms with Crippen LogP contribution in [-0.4, -0.2) is 49.7 Å². The first-order chi connectivity index (χ1) is 7.15. The highest BCUT2D eigenvalue weighted by Gasteiger charge is 2.28. The first-order valence-corrected chi connectivity index (χ1v) is 5.43. The second-order valence-corrected chi connectivity index (χ2v) is 4.06. The van der Waals surface area contributed by atoms with Crippen LogP contribution in [0.5, 0.6) is 0 Å². The largest absolute Gasteiger partial charge is 0.383 e. The van der Waals surface area contributed by atoms with Crippen LogP contribution < -0.4 is 11.5 Å². The summed E-state index contributed by atoms with van der Waals surface area (Å²) in [6, 6.07) is 0.147. The molecule has 1 aliphatic rings. The summed E-state index contributed by atoms with van der Waals surface area (Å²) in [5.74, 6) is -0.419. The molecule has 4 N–H and O–H groups in total. The van der Waals surface area contributed by atoms with Gasteiger partial charge in [-0.15, -0.1) is 0 Å². The molecule has 0 saturated heterocycles. The van der Waals surface area contributed by atoms with Crippen LogP contribution in [0, 0.1) is 0 Å². The van der Waals surface area contributed by atoms with Crippen LogP contribution in [-0.2, 0) is 9.53 Å². The summed E-state index contributed by atoms with van der Waals surface area (Å²) in [4.78, 5) is 13.1. The van der Waals surface area contributed by atoms with Crippen molar-refractivity contribution in [3.05, 3.63) is 0 Å². The minimum Gasteiger partial charge on any atom is -0.383 e. The number of amides is 1. The minimum atomic E-state index is -0.520. The number of rotatable bonds is 8. The molecule has 5 heteroatoms. The van der Waals surface area contributed by atoms with Crippen molar-refractivity contribution in [3.8, 4) is 0 Å².